The predicted molar refractivity (Wildman–Crippen MR) is 72.3 cm³/mol. The summed E-state index contributed by atoms with van der Waals surface area (Å²) in [5.74, 6) is 0.185. The zero-order valence-corrected chi connectivity index (χ0v) is 10.4. The molecule has 1 heterocycles. The molecule has 0 amide bonds. The molecule has 0 radical (unpaired) electrons. The molecule has 1 aromatic heterocycles. The van der Waals surface area contributed by atoms with Crippen LogP contribution in [-0.4, -0.2) is 23.0 Å². The molecule has 0 atom stereocenters. The van der Waals surface area contributed by atoms with Gasteiger partial charge in [-0.2, -0.15) is 0 Å². The number of aromatic hydroxyl groups is 1. The van der Waals surface area contributed by atoms with Crippen LogP contribution in [-0.2, 0) is 0 Å². The molecular weight excluding hydrogens is 242 g/mol. The van der Waals surface area contributed by atoms with E-state index >= 15 is 0 Å². The molecule has 0 fully saturated rings. The molecule has 1 N–H and O–H groups in total. The molecule has 19 heavy (non-hydrogen) atoms. The van der Waals surface area contributed by atoms with Gasteiger partial charge in [-0.25, -0.2) is 0 Å². The minimum atomic E-state index is -0.102. The first-order chi connectivity index (χ1) is 9.20. The third-order valence-corrected chi connectivity index (χ3v) is 2.55. The van der Waals surface area contributed by atoms with E-state index < -0.39 is 0 Å². The van der Waals surface area contributed by atoms with Gasteiger partial charge in [0.2, 0.25) is 0 Å². The van der Waals surface area contributed by atoms with Gasteiger partial charge in [0.25, 0.3) is 0 Å². The third kappa shape index (κ3) is 3.19. The zero-order chi connectivity index (χ0) is 13.7. The highest BCUT2D eigenvalue weighted by Gasteiger charge is 2.03. The Morgan fingerprint density at radius 1 is 1.32 bits per heavy atom. The zero-order valence-electron chi connectivity index (χ0n) is 10.4. The Balaban J connectivity index is 2.17. The van der Waals surface area contributed by atoms with E-state index in [1.807, 2.05) is 18.2 Å². The number of allylic oxidation sites excluding steroid dienone is 1. The van der Waals surface area contributed by atoms with Gasteiger partial charge >= 0.3 is 0 Å². The lowest BCUT2D eigenvalue weighted by molar-refractivity contribution is 0.104. The standard InChI is InChI=1S/C15H13NO3/c1-19-15-9-12(16-10-14(15)18)7-8-13(17)11-5-3-2-4-6-11/h2-10,18H,1H3. The molecule has 0 saturated carbocycles. The number of aromatic nitrogens is 1. The van der Waals surface area contributed by atoms with E-state index in [0.717, 1.165) is 0 Å². The van der Waals surface area contributed by atoms with Crippen molar-refractivity contribution >= 4 is 11.9 Å². The molecule has 2 rings (SSSR count). The smallest absolute Gasteiger partial charge is 0.185 e. The molecule has 4 nitrogen and oxygen atoms in total. The monoisotopic (exact) mass is 255 g/mol. The highest BCUT2D eigenvalue weighted by atomic mass is 16.5. The molecule has 2 aromatic rings. The lowest BCUT2D eigenvalue weighted by atomic mass is 10.1. The lowest BCUT2D eigenvalue weighted by Gasteiger charge is -2.02. The topological polar surface area (TPSA) is 59.4 Å². The number of hydrogen-bond acceptors (Lipinski definition) is 4. The summed E-state index contributed by atoms with van der Waals surface area (Å²) in [4.78, 5) is 15.8. The molecule has 0 unspecified atom stereocenters. The summed E-state index contributed by atoms with van der Waals surface area (Å²) < 4.78 is 4.97. The lowest BCUT2D eigenvalue weighted by Crippen LogP contribution is -1.93. The van der Waals surface area contributed by atoms with Crippen molar-refractivity contribution in [3.63, 3.8) is 0 Å². The summed E-state index contributed by atoms with van der Waals surface area (Å²) in [6, 6.07) is 10.5. The minimum Gasteiger partial charge on any atom is -0.503 e. The number of hydrogen-bond donors (Lipinski definition) is 1. The maximum atomic E-state index is 11.8. The number of nitrogens with zero attached hydrogens (tertiary/aromatic N) is 1. The first-order valence-corrected chi connectivity index (χ1v) is 5.71. The summed E-state index contributed by atoms with van der Waals surface area (Å²) in [7, 11) is 1.46. The van der Waals surface area contributed by atoms with Crippen LogP contribution in [0.5, 0.6) is 11.5 Å². The van der Waals surface area contributed by atoms with Crippen LogP contribution in [0.1, 0.15) is 16.1 Å². The van der Waals surface area contributed by atoms with E-state index in [1.54, 1.807) is 24.3 Å². The van der Waals surface area contributed by atoms with Gasteiger partial charge in [-0.1, -0.05) is 30.3 Å². The summed E-state index contributed by atoms with van der Waals surface area (Å²) in [6.07, 6.45) is 4.30. The van der Waals surface area contributed by atoms with Gasteiger partial charge in [-0.3, -0.25) is 9.78 Å². The second-order valence-electron chi connectivity index (χ2n) is 3.84. The van der Waals surface area contributed by atoms with E-state index in [0.29, 0.717) is 17.0 Å². The summed E-state index contributed by atoms with van der Waals surface area (Å²) in [6.45, 7) is 0. The van der Waals surface area contributed by atoms with Crippen molar-refractivity contribution in [1.82, 2.24) is 4.98 Å². The van der Waals surface area contributed by atoms with Crippen LogP contribution in [0.4, 0.5) is 0 Å². The first-order valence-electron chi connectivity index (χ1n) is 5.71. The van der Waals surface area contributed by atoms with Crippen molar-refractivity contribution in [2.75, 3.05) is 7.11 Å². The Morgan fingerprint density at radius 3 is 2.74 bits per heavy atom. The number of ketones is 1. The van der Waals surface area contributed by atoms with Crippen LogP contribution in [0.25, 0.3) is 6.08 Å². The maximum Gasteiger partial charge on any atom is 0.185 e. The number of rotatable bonds is 4. The number of benzene rings is 1. The first kappa shape index (κ1) is 12.8. The Labute approximate surface area is 111 Å². The van der Waals surface area contributed by atoms with E-state index in [2.05, 4.69) is 4.98 Å². The average Bonchev–Trinajstić information content (AvgIpc) is 2.47. The number of pyridine rings is 1. The molecule has 4 heteroatoms. The third-order valence-electron chi connectivity index (χ3n) is 2.55. The van der Waals surface area contributed by atoms with E-state index in [1.165, 1.54) is 19.4 Å². The predicted octanol–water partition coefficient (Wildman–Crippen LogP) is 2.69. The Bertz CT molecular complexity index is 606. The number of methoxy groups -OCH3 is 1. The summed E-state index contributed by atoms with van der Waals surface area (Å²) in [5.41, 5.74) is 1.16. The SMILES string of the molecule is COc1cc(C=CC(=O)c2ccccc2)ncc1O. The largest absolute Gasteiger partial charge is 0.503 e. The molecule has 0 saturated heterocycles. The van der Waals surface area contributed by atoms with Crippen molar-refractivity contribution in [2.45, 2.75) is 0 Å². The molecule has 0 aliphatic carbocycles. The van der Waals surface area contributed by atoms with Gasteiger partial charge < -0.3 is 9.84 Å². The van der Waals surface area contributed by atoms with Crippen molar-refractivity contribution in [2.24, 2.45) is 0 Å². The fraction of sp³-hybridized carbons (Fsp3) is 0.0667. The van der Waals surface area contributed by atoms with Crippen molar-refractivity contribution in [3.05, 3.63) is 59.9 Å². The van der Waals surface area contributed by atoms with Gasteiger partial charge in [-0.15, -0.1) is 0 Å². The fourth-order valence-electron chi connectivity index (χ4n) is 1.56. The van der Waals surface area contributed by atoms with Crippen LogP contribution in [0.2, 0.25) is 0 Å². The molecule has 0 aliphatic rings. The van der Waals surface area contributed by atoms with E-state index in [4.69, 9.17) is 4.74 Å². The molecule has 96 valence electrons. The van der Waals surface area contributed by atoms with Crippen molar-refractivity contribution in [1.29, 1.82) is 0 Å². The minimum absolute atomic E-state index is 0.0333. The molecular formula is C15H13NO3. The van der Waals surface area contributed by atoms with Crippen LogP contribution in [0.3, 0.4) is 0 Å². The van der Waals surface area contributed by atoms with Crippen LogP contribution in [0, 0.1) is 0 Å². The Hall–Kier alpha value is -2.62. The normalized spacial score (nSPS) is 10.6. The summed E-state index contributed by atoms with van der Waals surface area (Å²) >= 11 is 0. The second-order valence-corrected chi connectivity index (χ2v) is 3.84. The molecule has 0 spiro atoms. The quantitative estimate of drug-likeness (QED) is 0.674. The molecule has 1 aromatic carbocycles. The number of carbonyl (C=O) groups excluding carboxylic acids is 1. The van der Waals surface area contributed by atoms with Crippen molar-refractivity contribution < 1.29 is 14.6 Å². The van der Waals surface area contributed by atoms with Gasteiger partial charge in [0.1, 0.15) is 0 Å². The van der Waals surface area contributed by atoms with Gasteiger partial charge in [0, 0.05) is 11.6 Å². The molecule has 0 bridgehead atoms. The van der Waals surface area contributed by atoms with Gasteiger partial charge in [-0.05, 0) is 12.2 Å². The van der Waals surface area contributed by atoms with Gasteiger partial charge in [0.05, 0.1) is 19.0 Å². The Kier molecular flexibility index (Phi) is 3.93. The fourth-order valence-corrected chi connectivity index (χ4v) is 1.56. The Morgan fingerprint density at radius 2 is 2.05 bits per heavy atom. The number of carbonyl (C=O) groups is 1. The highest BCUT2D eigenvalue weighted by molar-refractivity contribution is 6.06. The van der Waals surface area contributed by atoms with Gasteiger partial charge in [0.15, 0.2) is 17.3 Å². The highest BCUT2D eigenvalue weighted by Crippen LogP contribution is 2.24. The van der Waals surface area contributed by atoms with E-state index in [9.17, 15) is 9.90 Å². The van der Waals surface area contributed by atoms with E-state index in [-0.39, 0.29) is 11.5 Å². The maximum absolute atomic E-state index is 11.8. The van der Waals surface area contributed by atoms with Crippen LogP contribution < -0.4 is 4.74 Å². The molecule has 0 aliphatic heterocycles. The van der Waals surface area contributed by atoms with Crippen molar-refractivity contribution in [3.8, 4) is 11.5 Å². The number of ether oxygens (including phenoxy) is 1. The van der Waals surface area contributed by atoms with Crippen LogP contribution >= 0.6 is 0 Å². The summed E-state index contributed by atoms with van der Waals surface area (Å²) in [5, 5.41) is 9.41. The average molecular weight is 255 g/mol. The van der Waals surface area contributed by atoms with Crippen LogP contribution in [0.15, 0.2) is 48.7 Å². The second kappa shape index (κ2) is 5.82.